The van der Waals surface area contributed by atoms with Crippen LogP contribution in [0.15, 0.2) is 24.3 Å². The van der Waals surface area contributed by atoms with Crippen LogP contribution >= 0.6 is 0 Å². The van der Waals surface area contributed by atoms with E-state index in [0.717, 1.165) is 31.4 Å². The van der Waals surface area contributed by atoms with Crippen molar-refractivity contribution >= 4 is 15.7 Å². The summed E-state index contributed by atoms with van der Waals surface area (Å²) in [6, 6.07) is 7.35. The molecule has 2 N–H and O–H groups in total. The smallest absolute Gasteiger partial charge is 0.234 e. The highest BCUT2D eigenvalue weighted by Gasteiger charge is 2.20. The number of ether oxygens (including phenoxy) is 1. The van der Waals surface area contributed by atoms with E-state index < -0.39 is 10.0 Å². The summed E-state index contributed by atoms with van der Waals surface area (Å²) < 4.78 is 32.0. The van der Waals surface area contributed by atoms with E-state index in [1.807, 2.05) is 12.1 Å². The maximum atomic E-state index is 12.2. The summed E-state index contributed by atoms with van der Waals surface area (Å²) >= 11 is 0. The molecule has 0 radical (unpaired) electrons. The number of sulfonamides is 1. The minimum atomic E-state index is -3.32. The third-order valence-corrected chi connectivity index (χ3v) is 4.73. The molecule has 1 aliphatic heterocycles. The normalized spacial score (nSPS) is 19.8. The Kier molecular flexibility index (Phi) is 5.39. The summed E-state index contributed by atoms with van der Waals surface area (Å²) in [7, 11) is -1.70. The van der Waals surface area contributed by atoms with Crippen LogP contribution in [-0.2, 0) is 21.4 Å². The molecule has 1 aliphatic rings. The highest BCUT2D eigenvalue weighted by Crippen LogP contribution is 2.15. The van der Waals surface area contributed by atoms with Crippen LogP contribution in [0, 0.1) is 0 Å². The van der Waals surface area contributed by atoms with Gasteiger partial charge in [0.2, 0.25) is 10.0 Å². The van der Waals surface area contributed by atoms with Crippen LogP contribution in [0.2, 0.25) is 0 Å². The van der Waals surface area contributed by atoms with Crippen molar-refractivity contribution in [3.8, 4) is 0 Å². The molecule has 1 heterocycles. The van der Waals surface area contributed by atoms with E-state index in [-0.39, 0.29) is 11.8 Å². The van der Waals surface area contributed by atoms with Crippen molar-refractivity contribution in [2.45, 2.75) is 31.9 Å². The fraction of sp³-hybridized carbons (Fsp3) is 0.571. The second kappa shape index (κ2) is 7.06. The fourth-order valence-corrected chi connectivity index (χ4v) is 3.83. The Balaban J connectivity index is 1.98. The standard InChI is InChI=1S/C14H22N2O3S/c1-19-10-12-5-4-7-13(9-12)16-20(17,18)11-14-6-2-3-8-15-14/h4-5,7,9,14-16H,2-3,6,8,10-11H2,1H3. The molecule has 112 valence electrons. The van der Waals surface area contributed by atoms with Gasteiger partial charge in [-0.2, -0.15) is 0 Å². The van der Waals surface area contributed by atoms with Crippen LogP contribution in [0.4, 0.5) is 5.69 Å². The zero-order valence-corrected chi connectivity index (χ0v) is 12.6. The Morgan fingerprint density at radius 3 is 2.95 bits per heavy atom. The van der Waals surface area contributed by atoms with Crippen molar-refractivity contribution in [3.05, 3.63) is 29.8 Å². The first-order chi connectivity index (χ1) is 9.59. The average Bonchev–Trinajstić information content (AvgIpc) is 2.39. The number of nitrogens with one attached hydrogen (secondary N) is 2. The molecule has 0 aromatic heterocycles. The molecule has 0 bridgehead atoms. The highest BCUT2D eigenvalue weighted by atomic mass is 32.2. The van der Waals surface area contributed by atoms with Crippen molar-refractivity contribution in [2.75, 3.05) is 24.1 Å². The predicted molar refractivity (Wildman–Crippen MR) is 80.2 cm³/mol. The van der Waals surface area contributed by atoms with E-state index >= 15 is 0 Å². The monoisotopic (exact) mass is 298 g/mol. The molecule has 0 spiro atoms. The number of rotatable bonds is 6. The first-order valence-electron chi connectivity index (χ1n) is 6.91. The lowest BCUT2D eigenvalue weighted by Gasteiger charge is -2.23. The van der Waals surface area contributed by atoms with Crippen molar-refractivity contribution in [1.29, 1.82) is 0 Å². The quantitative estimate of drug-likeness (QED) is 0.839. The van der Waals surface area contributed by atoms with E-state index in [1.54, 1.807) is 19.2 Å². The minimum Gasteiger partial charge on any atom is -0.380 e. The summed E-state index contributed by atoms with van der Waals surface area (Å²) in [4.78, 5) is 0. The Labute approximate surface area is 120 Å². The van der Waals surface area contributed by atoms with Gasteiger partial charge in [-0.15, -0.1) is 0 Å². The zero-order valence-electron chi connectivity index (χ0n) is 11.8. The molecule has 1 unspecified atom stereocenters. The lowest BCUT2D eigenvalue weighted by Crippen LogP contribution is -2.40. The maximum absolute atomic E-state index is 12.2. The van der Waals surface area contributed by atoms with Gasteiger partial charge in [0.15, 0.2) is 0 Å². The third kappa shape index (κ3) is 4.77. The summed E-state index contributed by atoms with van der Waals surface area (Å²) in [5.41, 5.74) is 1.54. The van der Waals surface area contributed by atoms with E-state index in [4.69, 9.17) is 4.74 Å². The van der Waals surface area contributed by atoms with Crippen LogP contribution in [0.5, 0.6) is 0 Å². The molecule has 0 aliphatic carbocycles. The largest absolute Gasteiger partial charge is 0.380 e. The van der Waals surface area contributed by atoms with Gasteiger partial charge in [0.05, 0.1) is 12.4 Å². The van der Waals surface area contributed by atoms with Gasteiger partial charge in [0.25, 0.3) is 0 Å². The van der Waals surface area contributed by atoms with Crippen LogP contribution in [-0.4, -0.2) is 33.9 Å². The molecule has 1 saturated heterocycles. The van der Waals surface area contributed by atoms with E-state index in [9.17, 15) is 8.42 Å². The molecule has 1 fully saturated rings. The van der Waals surface area contributed by atoms with Gasteiger partial charge >= 0.3 is 0 Å². The molecule has 6 heteroatoms. The predicted octanol–water partition coefficient (Wildman–Crippen LogP) is 1.72. The molecule has 2 rings (SSSR count). The van der Waals surface area contributed by atoms with E-state index in [0.29, 0.717) is 12.3 Å². The molecular weight excluding hydrogens is 276 g/mol. The zero-order chi connectivity index (χ0) is 14.4. The molecule has 0 amide bonds. The van der Waals surface area contributed by atoms with E-state index in [1.165, 1.54) is 0 Å². The van der Waals surface area contributed by atoms with E-state index in [2.05, 4.69) is 10.0 Å². The molecular formula is C14H22N2O3S. The maximum Gasteiger partial charge on any atom is 0.234 e. The molecule has 1 aromatic rings. The number of benzene rings is 1. The SMILES string of the molecule is COCc1cccc(NS(=O)(=O)CC2CCCCN2)c1. The van der Waals surface area contributed by atoms with Crippen molar-refractivity contribution in [3.63, 3.8) is 0 Å². The van der Waals surface area contributed by atoms with Crippen LogP contribution in [0.25, 0.3) is 0 Å². The van der Waals surface area contributed by atoms with Crippen LogP contribution < -0.4 is 10.0 Å². The van der Waals surface area contributed by atoms with Gasteiger partial charge in [-0.05, 0) is 37.1 Å². The second-order valence-electron chi connectivity index (χ2n) is 5.16. The Bertz CT molecular complexity index is 525. The molecule has 20 heavy (non-hydrogen) atoms. The first kappa shape index (κ1) is 15.3. The van der Waals surface area contributed by atoms with Gasteiger partial charge in [-0.25, -0.2) is 8.42 Å². The summed E-state index contributed by atoms with van der Waals surface area (Å²) in [6.45, 7) is 1.38. The summed E-state index contributed by atoms with van der Waals surface area (Å²) in [6.07, 6.45) is 3.14. The van der Waals surface area contributed by atoms with Crippen LogP contribution in [0.3, 0.4) is 0 Å². The Morgan fingerprint density at radius 1 is 1.40 bits per heavy atom. The van der Waals surface area contributed by atoms with Crippen molar-refractivity contribution in [1.82, 2.24) is 5.32 Å². The number of piperidine rings is 1. The molecule has 1 atom stereocenters. The topological polar surface area (TPSA) is 67.4 Å². The Morgan fingerprint density at radius 2 is 2.25 bits per heavy atom. The second-order valence-corrected chi connectivity index (χ2v) is 6.93. The number of anilines is 1. The van der Waals surface area contributed by atoms with Crippen LogP contribution in [0.1, 0.15) is 24.8 Å². The van der Waals surface area contributed by atoms with Gasteiger partial charge in [-0.1, -0.05) is 18.6 Å². The molecule has 5 nitrogen and oxygen atoms in total. The average molecular weight is 298 g/mol. The Hall–Kier alpha value is -1.11. The number of hydrogen-bond acceptors (Lipinski definition) is 4. The summed E-state index contributed by atoms with van der Waals surface area (Å²) in [5, 5.41) is 3.25. The minimum absolute atomic E-state index is 0.0587. The third-order valence-electron chi connectivity index (χ3n) is 3.34. The van der Waals surface area contributed by atoms with Gasteiger partial charge < -0.3 is 10.1 Å². The summed E-state index contributed by atoms with van der Waals surface area (Å²) in [5.74, 6) is 0.126. The van der Waals surface area contributed by atoms with Gasteiger partial charge in [-0.3, -0.25) is 4.72 Å². The fourth-order valence-electron chi connectivity index (χ4n) is 2.44. The number of methoxy groups -OCH3 is 1. The lowest BCUT2D eigenvalue weighted by molar-refractivity contribution is 0.185. The highest BCUT2D eigenvalue weighted by molar-refractivity contribution is 7.92. The lowest BCUT2D eigenvalue weighted by atomic mass is 10.1. The van der Waals surface area contributed by atoms with Gasteiger partial charge in [0, 0.05) is 18.8 Å². The van der Waals surface area contributed by atoms with Gasteiger partial charge in [0.1, 0.15) is 0 Å². The van der Waals surface area contributed by atoms with Crippen molar-refractivity contribution < 1.29 is 13.2 Å². The molecule has 1 aromatic carbocycles. The number of hydrogen-bond donors (Lipinski definition) is 2. The first-order valence-corrected chi connectivity index (χ1v) is 8.56. The molecule has 0 saturated carbocycles. The van der Waals surface area contributed by atoms with Crippen molar-refractivity contribution in [2.24, 2.45) is 0 Å².